The Morgan fingerprint density at radius 3 is 2.41 bits per heavy atom. The Bertz CT molecular complexity index is 460. The highest BCUT2D eigenvalue weighted by atomic mass is 32.2. The number of ether oxygens (including phenoxy) is 2. The second-order valence-corrected chi connectivity index (χ2v) is 6.12. The minimum absolute atomic E-state index is 0.145. The predicted octanol–water partition coefficient (Wildman–Crippen LogP) is 1.51. The zero-order chi connectivity index (χ0) is 12.3. The first kappa shape index (κ1) is 12.4. The quantitative estimate of drug-likeness (QED) is 0.801. The first-order chi connectivity index (χ1) is 8.12. The van der Waals surface area contributed by atoms with Crippen LogP contribution in [0, 0.1) is 5.92 Å². The Kier molecular flexibility index (Phi) is 3.69. The third kappa shape index (κ3) is 2.98. The molecule has 0 amide bonds. The van der Waals surface area contributed by atoms with Crippen LogP contribution >= 0.6 is 0 Å². The van der Waals surface area contributed by atoms with Gasteiger partial charge in [0, 0.05) is 5.92 Å². The summed E-state index contributed by atoms with van der Waals surface area (Å²) in [5.74, 6) is 1.01. The van der Waals surface area contributed by atoms with E-state index in [1.165, 1.54) is 0 Å². The summed E-state index contributed by atoms with van der Waals surface area (Å²) in [6.07, 6.45) is 0. The Labute approximate surface area is 101 Å². The van der Waals surface area contributed by atoms with Gasteiger partial charge < -0.3 is 9.47 Å². The van der Waals surface area contributed by atoms with Crippen molar-refractivity contribution >= 4 is 9.84 Å². The Morgan fingerprint density at radius 1 is 1.29 bits per heavy atom. The fraction of sp³-hybridized carbons (Fsp3) is 0.500. The van der Waals surface area contributed by atoms with Crippen LogP contribution in [0.3, 0.4) is 0 Å². The van der Waals surface area contributed by atoms with Gasteiger partial charge in [0.05, 0.1) is 30.5 Å². The smallest absolute Gasteiger partial charge is 0.178 e. The summed E-state index contributed by atoms with van der Waals surface area (Å²) in [6.45, 7) is 3.57. The van der Waals surface area contributed by atoms with Crippen molar-refractivity contribution in [1.82, 2.24) is 0 Å². The van der Waals surface area contributed by atoms with Crippen LogP contribution in [0.25, 0.3) is 0 Å². The average Bonchev–Trinajstić information content (AvgIpc) is 2.25. The predicted molar refractivity (Wildman–Crippen MR) is 64.0 cm³/mol. The second-order valence-electron chi connectivity index (χ2n) is 4.09. The summed E-state index contributed by atoms with van der Waals surface area (Å²) in [5, 5.41) is 0. The first-order valence-corrected chi connectivity index (χ1v) is 7.30. The normalized spacial score (nSPS) is 16.5. The van der Waals surface area contributed by atoms with Gasteiger partial charge in [0.2, 0.25) is 0 Å². The summed E-state index contributed by atoms with van der Waals surface area (Å²) in [7, 11) is -3.19. The van der Waals surface area contributed by atoms with E-state index in [2.05, 4.69) is 0 Å². The van der Waals surface area contributed by atoms with E-state index in [1.54, 1.807) is 24.3 Å². The third-order valence-corrected chi connectivity index (χ3v) is 4.56. The van der Waals surface area contributed by atoms with Crippen LogP contribution in [0.2, 0.25) is 0 Å². The molecule has 1 saturated heterocycles. The van der Waals surface area contributed by atoms with Crippen LogP contribution in [-0.2, 0) is 14.6 Å². The number of sulfone groups is 1. The van der Waals surface area contributed by atoms with E-state index in [0.29, 0.717) is 30.5 Å². The molecule has 0 aromatic heterocycles. The molecule has 0 radical (unpaired) electrons. The summed E-state index contributed by atoms with van der Waals surface area (Å²) in [6, 6.07) is 6.57. The maximum Gasteiger partial charge on any atom is 0.178 e. The van der Waals surface area contributed by atoms with Gasteiger partial charge in [0.25, 0.3) is 0 Å². The largest absolute Gasteiger partial charge is 0.494 e. The summed E-state index contributed by atoms with van der Waals surface area (Å²) < 4.78 is 34.3. The molecule has 17 heavy (non-hydrogen) atoms. The van der Waals surface area contributed by atoms with Crippen LogP contribution in [0.1, 0.15) is 6.92 Å². The molecule has 4 nitrogen and oxygen atoms in total. The molecule has 0 aliphatic carbocycles. The lowest BCUT2D eigenvalue weighted by Gasteiger charge is -2.25. The minimum Gasteiger partial charge on any atom is -0.494 e. The van der Waals surface area contributed by atoms with Crippen molar-refractivity contribution in [2.24, 2.45) is 5.92 Å². The van der Waals surface area contributed by atoms with Gasteiger partial charge in [-0.05, 0) is 31.2 Å². The zero-order valence-electron chi connectivity index (χ0n) is 9.76. The van der Waals surface area contributed by atoms with Crippen molar-refractivity contribution in [3.8, 4) is 5.75 Å². The molecule has 1 aliphatic heterocycles. The molecule has 0 atom stereocenters. The summed E-state index contributed by atoms with van der Waals surface area (Å²) >= 11 is 0. The number of rotatable bonds is 5. The molecule has 1 heterocycles. The molecular formula is C12H16O4S. The van der Waals surface area contributed by atoms with Gasteiger partial charge in [-0.25, -0.2) is 8.42 Å². The Balaban J connectivity index is 2.09. The second kappa shape index (κ2) is 5.06. The van der Waals surface area contributed by atoms with Crippen LogP contribution in [0.5, 0.6) is 5.75 Å². The van der Waals surface area contributed by atoms with E-state index in [4.69, 9.17) is 9.47 Å². The van der Waals surface area contributed by atoms with Crippen molar-refractivity contribution in [3.63, 3.8) is 0 Å². The monoisotopic (exact) mass is 256 g/mol. The maximum atomic E-state index is 12.0. The summed E-state index contributed by atoms with van der Waals surface area (Å²) in [5.41, 5.74) is 0. The molecule has 5 heteroatoms. The molecule has 1 fully saturated rings. The van der Waals surface area contributed by atoms with Crippen molar-refractivity contribution in [2.45, 2.75) is 11.8 Å². The van der Waals surface area contributed by atoms with Crippen molar-refractivity contribution in [3.05, 3.63) is 24.3 Å². The molecule has 0 N–H and O–H groups in total. The Morgan fingerprint density at radius 2 is 1.94 bits per heavy atom. The van der Waals surface area contributed by atoms with E-state index in [-0.39, 0.29) is 11.7 Å². The van der Waals surface area contributed by atoms with Gasteiger partial charge in [-0.3, -0.25) is 0 Å². The van der Waals surface area contributed by atoms with Gasteiger partial charge in [-0.1, -0.05) is 0 Å². The highest BCUT2D eigenvalue weighted by Crippen LogP contribution is 2.21. The average molecular weight is 256 g/mol. The lowest BCUT2D eigenvalue weighted by Crippen LogP contribution is -2.33. The van der Waals surface area contributed by atoms with E-state index >= 15 is 0 Å². The first-order valence-electron chi connectivity index (χ1n) is 5.65. The van der Waals surface area contributed by atoms with Crippen molar-refractivity contribution in [1.29, 1.82) is 0 Å². The molecule has 1 aromatic carbocycles. The number of hydrogen-bond acceptors (Lipinski definition) is 4. The van der Waals surface area contributed by atoms with Crippen molar-refractivity contribution in [2.75, 3.05) is 25.6 Å². The zero-order valence-corrected chi connectivity index (χ0v) is 10.6. The SMILES string of the molecule is CCOc1ccc(S(=O)(=O)CC2COC2)cc1. The van der Waals surface area contributed by atoms with Crippen LogP contribution < -0.4 is 4.74 Å². The third-order valence-electron chi connectivity index (χ3n) is 2.66. The van der Waals surface area contributed by atoms with Crippen LogP contribution in [-0.4, -0.2) is 34.0 Å². The van der Waals surface area contributed by atoms with Gasteiger partial charge in [-0.15, -0.1) is 0 Å². The van der Waals surface area contributed by atoms with Gasteiger partial charge in [0.15, 0.2) is 9.84 Å². The van der Waals surface area contributed by atoms with Crippen LogP contribution in [0.15, 0.2) is 29.2 Å². The fourth-order valence-corrected chi connectivity index (χ4v) is 3.25. The van der Waals surface area contributed by atoms with E-state index < -0.39 is 9.84 Å². The summed E-state index contributed by atoms with van der Waals surface area (Å²) in [4.78, 5) is 0.354. The molecule has 0 saturated carbocycles. The molecule has 0 bridgehead atoms. The topological polar surface area (TPSA) is 52.6 Å². The van der Waals surface area contributed by atoms with Gasteiger partial charge in [0.1, 0.15) is 5.75 Å². The van der Waals surface area contributed by atoms with Crippen LogP contribution in [0.4, 0.5) is 0 Å². The highest BCUT2D eigenvalue weighted by Gasteiger charge is 2.26. The molecule has 0 unspecified atom stereocenters. The molecule has 1 aromatic rings. The molecule has 94 valence electrons. The highest BCUT2D eigenvalue weighted by molar-refractivity contribution is 7.91. The molecule has 1 aliphatic rings. The van der Waals surface area contributed by atoms with E-state index in [9.17, 15) is 8.42 Å². The Hall–Kier alpha value is -1.07. The molecule has 0 spiro atoms. The number of hydrogen-bond donors (Lipinski definition) is 0. The molecular weight excluding hydrogens is 240 g/mol. The van der Waals surface area contributed by atoms with E-state index in [0.717, 1.165) is 0 Å². The lowest BCUT2D eigenvalue weighted by molar-refractivity contribution is -0.0204. The maximum absolute atomic E-state index is 12.0. The molecule has 2 rings (SSSR count). The van der Waals surface area contributed by atoms with E-state index in [1.807, 2.05) is 6.92 Å². The fourth-order valence-electron chi connectivity index (χ4n) is 1.70. The van der Waals surface area contributed by atoms with Crippen molar-refractivity contribution < 1.29 is 17.9 Å². The minimum atomic E-state index is -3.19. The van der Waals surface area contributed by atoms with Gasteiger partial charge in [-0.2, -0.15) is 0 Å². The lowest BCUT2D eigenvalue weighted by atomic mass is 10.1. The van der Waals surface area contributed by atoms with Gasteiger partial charge >= 0.3 is 0 Å². The standard InChI is InChI=1S/C12H16O4S/c1-2-16-11-3-5-12(6-4-11)17(13,14)9-10-7-15-8-10/h3-6,10H,2,7-9H2,1H3. The number of benzene rings is 1.